The van der Waals surface area contributed by atoms with E-state index in [0.717, 1.165) is 38.1 Å². The Morgan fingerprint density at radius 2 is 1.38 bits per heavy atom. The van der Waals surface area contributed by atoms with Crippen molar-refractivity contribution in [1.29, 1.82) is 0 Å². The Morgan fingerprint density at radius 3 is 2.01 bits per heavy atom. The molecule has 0 radical (unpaired) electrons. The van der Waals surface area contributed by atoms with E-state index in [-0.39, 0.29) is 50.2 Å². The minimum Gasteiger partial charge on any atom is -0.508 e. The largest absolute Gasteiger partial charge is 0.508 e. The third-order valence-corrected chi connectivity index (χ3v) is 15.5. The minimum absolute atomic E-state index is 0.0658. The van der Waals surface area contributed by atoms with Gasteiger partial charge < -0.3 is 74.7 Å². The second-order valence-electron chi connectivity index (χ2n) is 18.7. The Kier molecular flexibility index (Phi) is 21.2. The van der Waals surface area contributed by atoms with E-state index in [9.17, 15) is 53.7 Å². The normalized spacial score (nSPS) is 23.1. The van der Waals surface area contributed by atoms with Crippen molar-refractivity contribution in [3.8, 4) is 5.75 Å². The molecule has 0 saturated carbocycles. The topological polar surface area (TPSA) is 375 Å². The molecule has 4 aromatic rings. The molecule has 1 aliphatic heterocycles. The highest BCUT2D eigenvalue weighted by Gasteiger charge is 2.43. The molecule has 74 heavy (non-hydrogen) atoms. The van der Waals surface area contributed by atoms with Crippen molar-refractivity contribution in [3.63, 3.8) is 0 Å². The Labute approximate surface area is 436 Å². The van der Waals surface area contributed by atoms with Gasteiger partial charge in [-0.1, -0.05) is 82.3 Å². The van der Waals surface area contributed by atoms with Gasteiger partial charge in [0.25, 0.3) is 0 Å². The van der Waals surface area contributed by atoms with Gasteiger partial charge >= 0.3 is 0 Å². The quantitative estimate of drug-likeness (QED) is 0.0585. The summed E-state index contributed by atoms with van der Waals surface area (Å²) in [5.74, 6) is -7.70. The molecule has 0 unspecified atom stereocenters. The molecule has 8 amide bonds. The maximum Gasteiger partial charge on any atom is 0.245 e. The van der Waals surface area contributed by atoms with E-state index in [1.54, 1.807) is 42.6 Å². The lowest BCUT2D eigenvalue weighted by atomic mass is 9.99. The molecule has 3 aromatic carbocycles. The highest BCUT2D eigenvalue weighted by Crippen LogP contribution is 2.39. The number of phenolic OH excluding ortho intramolecular Hbond substituents is 1. The minimum atomic E-state index is -1.76. The van der Waals surface area contributed by atoms with Crippen LogP contribution in [0.5, 0.6) is 5.75 Å². The van der Waals surface area contributed by atoms with Crippen molar-refractivity contribution < 1.29 is 53.7 Å². The fourth-order valence-corrected chi connectivity index (χ4v) is 10.9. The van der Waals surface area contributed by atoms with Crippen LogP contribution in [0.1, 0.15) is 57.2 Å². The summed E-state index contributed by atoms with van der Waals surface area (Å²) < 4.78 is -1.42. The van der Waals surface area contributed by atoms with Crippen LogP contribution in [0.2, 0.25) is 0 Å². The maximum absolute atomic E-state index is 14.8. The van der Waals surface area contributed by atoms with E-state index in [2.05, 4.69) is 42.2 Å². The molecule has 5 rings (SSSR count). The van der Waals surface area contributed by atoms with E-state index in [0.29, 0.717) is 11.1 Å². The monoisotopic (exact) mass is 1060 g/mol. The number of aliphatic hydroxyl groups excluding tert-OH is 2. The average Bonchev–Trinajstić information content (AvgIpc) is 3.76. The second-order valence-corrected chi connectivity index (χ2v) is 21.7. The summed E-state index contributed by atoms with van der Waals surface area (Å²) in [6.45, 7) is 5.57. The molecule has 22 nitrogen and oxygen atoms in total. The van der Waals surface area contributed by atoms with E-state index in [1.165, 1.54) is 52.0 Å². The molecule has 0 bridgehead atoms. The van der Waals surface area contributed by atoms with Crippen LogP contribution in [-0.4, -0.2) is 145 Å². The van der Waals surface area contributed by atoms with Crippen LogP contribution < -0.4 is 54.4 Å². The third-order valence-electron chi connectivity index (χ3n) is 12.2. The first-order valence-electron chi connectivity index (χ1n) is 24.0. The third kappa shape index (κ3) is 16.4. The highest BCUT2D eigenvalue weighted by atomic mass is 33.1. The number of H-pyrrole nitrogens is 1. The number of nitrogens with two attached hydrogens (primary N) is 3. The number of nitrogens with one attached hydrogen (secondary N) is 8. The van der Waals surface area contributed by atoms with Crippen molar-refractivity contribution in [2.24, 2.45) is 17.2 Å². The Balaban J connectivity index is 1.62. The van der Waals surface area contributed by atoms with Crippen molar-refractivity contribution in [3.05, 3.63) is 102 Å². The Morgan fingerprint density at radius 1 is 0.770 bits per heavy atom. The van der Waals surface area contributed by atoms with Gasteiger partial charge in [0.1, 0.15) is 48.0 Å². The molecule has 1 fully saturated rings. The Bertz CT molecular complexity index is 2600. The molecular formula is C50H67N11O11S2. The highest BCUT2D eigenvalue weighted by molar-refractivity contribution is 8.77. The predicted molar refractivity (Wildman–Crippen MR) is 280 cm³/mol. The summed E-state index contributed by atoms with van der Waals surface area (Å²) in [7, 11) is 1.94. The number of carbonyl (C=O) groups excluding carboxylic acids is 8. The molecule has 17 N–H and O–H groups in total. The van der Waals surface area contributed by atoms with Crippen LogP contribution in [0.25, 0.3) is 10.9 Å². The zero-order valence-electron chi connectivity index (χ0n) is 41.5. The van der Waals surface area contributed by atoms with Crippen molar-refractivity contribution in [2.45, 2.75) is 125 Å². The van der Waals surface area contributed by atoms with Gasteiger partial charge in [0.2, 0.25) is 47.3 Å². The lowest BCUT2D eigenvalue weighted by Gasteiger charge is -2.36. The standard InChI is InChI=1S/C50H67N11O11S2/c1-26(62)39(42(53)65)59-49(72)41-50(3,4)74-73-25-38(58-43(66)33(52)21-28-11-6-5-7-12-28)47(70)56-36(22-29-16-18-31(64)19-17-29)45(68)57-37(23-30-24-54-34-14-9-8-13-32(30)34)46(69)55-35(15-10-20-51)44(67)60-40(27(2)63)48(71)61-41/h5-9,11-14,16-19,24,26-27,33,35-41,54,62-64H,10,15,20-23,25,51-52H2,1-4H3,(H2,53,65)(H,55,69)(H,56,70)(H,57,68)(H,58,66)(H,59,72)(H,60,67)(H,61,71)/t26-,27+,33-,35+,36-,37-,38-,39-,40-,41-/m0/s1. The average molecular weight is 1060 g/mol. The molecule has 24 heteroatoms. The van der Waals surface area contributed by atoms with Crippen LogP contribution >= 0.6 is 21.6 Å². The number of aromatic nitrogens is 1. The molecule has 1 aliphatic rings. The smallest absolute Gasteiger partial charge is 0.245 e. The number of carbonyl (C=O) groups is 8. The van der Waals surface area contributed by atoms with Crippen LogP contribution in [0.4, 0.5) is 0 Å². The maximum atomic E-state index is 14.8. The first kappa shape index (κ1) is 58.2. The van der Waals surface area contributed by atoms with Crippen LogP contribution in [0.15, 0.2) is 85.1 Å². The lowest BCUT2D eigenvalue weighted by Crippen LogP contribution is -2.65. The summed E-state index contributed by atoms with van der Waals surface area (Å²) in [5.41, 5.74) is 20.3. The fraction of sp³-hybridized carbons (Fsp3) is 0.440. The van der Waals surface area contributed by atoms with Gasteiger partial charge in [-0.2, -0.15) is 0 Å². The van der Waals surface area contributed by atoms with Crippen molar-refractivity contribution in [2.75, 3.05) is 12.3 Å². The van der Waals surface area contributed by atoms with Gasteiger partial charge in [0.15, 0.2) is 0 Å². The number of amides is 8. The number of rotatable bonds is 16. The van der Waals surface area contributed by atoms with Crippen molar-refractivity contribution in [1.82, 2.24) is 42.2 Å². The van der Waals surface area contributed by atoms with Gasteiger partial charge in [-0.05, 0) is 88.4 Å². The first-order chi connectivity index (χ1) is 35.1. The van der Waals surface area contributed by atoms with E-state index < -0.39 is 113 Å². The molecular weight excluding hydrogens is 995 g/mol. The molecule has 1 saturated heterocycles. The number of aliphatic hydroxyl groups is 2. The molecule has 10 atom stereocenters. The van der Waals surface area contributed by atoms with E-state index in [4.69, 9.17) is 17.2 Å². The van der Waals surface area contributed by atoms with E-state index in [1.807, 2.05) is 18.2 Å². The van der Waals surface area contributed by atoms with Crippen LogP contribution in [0, 0.1) is 0 Å². The number of hydrogen-bond acceptors (Lipinski definition) is 15. The van der Waals surface area contributed by atoms with Gasteiger partial charge in [-0.15, -0.1) is 0 Å². The van der Waals surface area contributed by atoms with Gasteiger partial charge in [-0.25, -0.2) is 0 Å². The summed E-state index contributed by atoms with van der Waals surface area (Å²) >= 11 is 0. The Hall–Kier alpha value is -6.70. The molecule has 0 aliphatic carbocycles. The number of benzene rings is 3. The van der Waals surface area contributed by atoms with Crippen LogP contribution in [0.3, 0.4) is 0 Å². The van der Waals surface area contributed by atoms with E-state index >= 15 is 0 Å². The number of para-hydroxylation sites is 1. The van der Waals surface area contributed by atoms with Gasteiger partial charge in [0.05, 0.1) is 18.2 Å². The molecule has 400 valence electrons. The van der Waals surface area contributed by atoms with Gasteiger partial charge in [-0.3, -0.25) is 38.4 Å². The number of hydrogen-bond donors (Lipinski definition) is 14. The number of aromatic amines is 1. The molecule has 2 heterocycles. The number of aromatic hydroxyl groups is 1. The zero-order valence-corrected chi connectivity index (χ0v) is 43.1. The molecule has 0 spiro atoms. The zero-order chi connectivity index (χ0) is 54.3. The fourth-order valence-electron chi connectivity index (χ4n) is 8.05. The van der Waals surface area contributed by atoms with Gasteiger partial charge in [0, 0.05) is 40.4 Å². The predicted octanol–water partition coefficient (Wildman–Crippen LogP) is -1.22. The number of phenols is 1. The number of fused-ring (bicyclic) bond motifs is 1. The summed E-state index contributed by atoms with van der Waals surface area (Å²) in [5, 5.41) is 50.5. The molecule has 1 aromatic heterocycles. The lowest BCUT2D eigenvalue weighted by molar-refractivity contribution is -0.137. The summed E-state index contributed by atoms with van der Waals surface area (Å²) in [4.78, 5) is 116. The SMILES string of the molecule is C[C@H](O)[C@H](NC(=O)[C@@H]1NC(=O)[C@H]([C@@H](C)O)NC(=O)[C@@H](CCCN)NC(=O)[C@H](Cc2c[nH]c3ccccc23)NC(=O)[C@H](Cc2ccc(O)cc2)NC(=O)[C@@H](NC(=O)[C@@H](N)Cc2ccccc2)CSSC1(C)C)C(N)=O. The van der Waals surface area contributed by atoms with Crippen molar-refractivity contribution >= 4 is 79.7 Å². The summed E-state index contributed by atoms with van der Waals surface area (Å²) in [6.07, 6.45) is -1.53. The number of primary amides is 1. The van der Waals surface area contributed by atoms with Crippen LogP contribution in [-0.2, 0) is 57.6 Å². The second kappa shape index (κ2) is 27.0. The summed E-state index contributed by atoms with van der Waals surface area (Å²) in [6, 6.07) is 10.1. The first-order valence-corrected chi connectivity index (χ1v) is 26.3.